The maximum Gasteiger partial charge on any atom is 0.180 e. The van der Waals surface area contributed by atoms with Crippen LogP contribution in [0.5, 0.6) is 0 Å². The van der Waals surface area contributed by atoms with E-state index in [2.05, 4.69) is 24.9 Å². The minimum atomic E-state index is 0.557. The maximum atomic E-state index is 5.49. The third-order valence-electron chi connectivity index (χ3n) is 3.36. The fourth-order valence-corrected chi connectivity index (χ4v) is 2.01. The van der Waals surface area contributed by atoms with Crippen LogP contribution in [0.1, 0.15) is 30.1 Å². The molecular formula is C12H16N6. The van der Waals surface area contributed by atoms with Crippen molar-refractivity contribution in [2.45, 2.75) is 32.7 Å². The van der Waals surface area contributed by atoms with Crippen LogP contribution in [-0.2, 0) is 0 Å². The zero-order valence-electron chi connectivity index (χ0n) is 10.5. The SMILES string of the molecule is Cc1nc(-c2cncn2C2CC2)nc(NN)c1C. The normalized spacial score (nSPS) is 14.8. The van der Waals surface area contributed by atoms with Gasteiger partial charge >= 0.3 is 0 Å². The fourth-order valence-electron chi connectivity index (χ4n) is 2.01. The highest BCUT2D eigenvalue weighted by Crippen LogP contribution is 2.37. The van der Waals surface area contributed by atoms with E-state index in [0.717, 1.165) is 17.0 Å². The Kier molecular flexibility index (Phi) is 2.52. The predicted molar refractivity (Wildman–Crippen MR) is 68.8 cm³/mol. The molecule has 0 bridgehead atoms. The summed E-state index contributed by atoms with van der Waals surface area (Å²) in [6.45, 7) is 3.91. The number of imidazole rings is 1. The second kappa shape index (κ2) is 4.06. The number of rotatable bonds is 3. The number of nitrogen functional groups attached to an aromatic ring is 1. The van der Waals surface area contributed by atoms with Crippen molar-refractivity contribution < 1.29 is 0 Å². The van der Waals surface area contributed by atoms with E-state index in [0.29, 0.717) is 17.7 Å². The van der Waals surface area contributed by atoms with Crippen LogP contribution in [-0.4, -0.2) is 19.5 Å². The van der Waals surface area contributed by atoms with Crippen LogP contribution in [0.15, 0.2) is 12.5 Å². The molecule has 3 rings (SSSR count). The van der Waals surface area contributed by atoms with Crippen molar-refractivity contribution in [1.29, 1.82) is 0 Å². The van der Waals surface area contributed by atoms with Crippen LogP contribution >= 0.6 is 0 Å². The minimum absolute atomic E-state index is 0.557. The Bertz CT molecular complexity index is 584. The Morgan fingerprint density at radius 3 is 2.78 bits per heavy atom. The number of aromatic nitrogens is 4. The molecule has 0 amide bonds. The number of nitrogens with two attached hydrogens (primary N) is 1. The molecule has 6 nitrogen and oxygen atoms in total. The largest absolute Gasteiger partial charge is 0.325 e. The molecule has 94 valence electrons. The van der Waals surface area contributed by atoms with Crippen LogP contribution in [0.3, 0.4) is 0 Å². The molecule has 2 aromatic heterocycles. The quantitative estimate of drug-likeness (QED) is 0.632. The molecule has 3 N–H and O–H groups in total. The summed E-state index contributed by atoms with van der Waals surface area (Å²) in [5.41, 5.74) is 5.48. The standard InChI is InChI=1S/C12H16N6/c1-7-8(2)15-12(16-11(7)17-13)10-5-14-6-18(10)9-3-4-9/h5-6,9H,3-4,13H2,1-2H3,(H,15,16,17). The van der Waals surface area contributed by atoms with Gasteiger partial charge in [0.25, 0.3) is 0 Å². The molecule has 0 radical (unpaired) electrons. The molecule has 0 aliphatic heterocycles. The molecule has 2 heterocycles. The number of hydrazine groups is 1. The minimum Gasteiger partial charge on any atom is -0.325 e. The van der Waals surface area contributed by atoms with Gasteiger partial charge in [-0.25, -0.2) is 20.8 Å². The molecule has 0 atom stereocenters. The molecule has 0 unspecified atom stereocenters. The van der Waals surface area contributed by atoms with Crippen LogP contribution < -0.4 is 11.3 Å². The lowest BCUT2D eigenvalue weighted by Gasteiger charge is -2.10. The van der Waals surface area contributed by atoms with Crippen molar-refractivity contribution in [1.82, 2.24) is 19.5 Å². The van der Waals surface area contributed by atoms with Crippen molar-refractivity contribution in [2.75, 3.05) is 5.43 Å². The first kappa shape index (κ1) is 11.2. The van der Waals surface area contributed by atoms with E-state index in [1.165, 1.54) is 12.8 Å². The highest BCUT2D eigenvalue weighted by Gasteiger charge is 2.26. The van der Waals surface area contributed by atoms with E-state index >= 15 is 0 Å². The summed E-state index contributed by atoms with van der Waals surface area (Å²) in [7, 11) is 0. The van der Waals surface area contributed by atoms with Crippen LogP contribution in [0, 0.1) is 13.8 Å². The summed E-state index contributed by atoms with van der Waals surface area (Å²) in [6.07, 6.45) is 6.07. The monoisotopic (exact) mass is 244 g/mol. The Morgan fingerprint density at radius 2 is 2.11 bits per heavy atom. The summed E-state index contributed by atoms with van der Waals surface area (Å²) in [4.78, 5) is 13.2. The summed E-state index contributed by atoms with van der Waals surface area (Å²) < 4.78 is 2.14. The highest BCUT2D eigenvalue weighted by molar-refractivity contribution is 5.56. The first-order valence-electron chi connectivity index (χ1n) is 6.04. The molecule has 1 aliphatic rings. The Balaban J connectivity index is 2.10. The lowest BCUT2D eigenvalue weighted by Crippen LogP contribution is -2.13. The first-order chi connectivity index (χ1) is 8.70. The molecule has 2 aromatic rings. The average Bonchev–Trinajstić information content (AvgIpc) is 3.10. The average molecular weight is 244 g/mol. The van der Waals surface area contributed by atoms with Gasteiger partial charge in [0.2, 0.25) is 0 Å². The second-order valence-corrected chi connectivity index (χ2v) is 4.67. The van der Waals surface area contributed by atoms with Crippen molar-refractivity contribution in [2.24, 2.45) is 5.84 Å². The predicted octanol–water partition coefficient (Wildman–Crippen LogP) is 1.58. The number of nitrogens with zero attached hydrogens (tertiary/aromatic N) is 4. The topological polar surface area (TPSA) is 81.7 Å². The van der Waals surface area contributed by atoms with Crippen molar-refractivity contribution in [3.05, 3.63) is 23.8 Å². The first-order valence-corrected chi connectivity index (χ1v) is 6.04. The molecular weight excluding hydrogens is 228 g/mol. The lowest BCUT2D eigenvalue weighted by atomic mass is 10.2. The van der Waals surface area contributed by atoms with Crippen LogP contribution in [0.2, 0.25) is 0 Å². The summed E-state index contributed by atoms with van der Waals surface area (Å²) in [5.74, 6) is 6.83. The smallest absolute Gasteiger partial charge is 0.180 e. The summed E-state index contributed by atoms with van der Waals surface area (Å²) in [6, 6.07) is 0.557. The van der Waals surface area contributed by atoms with E-state index < -0.39 is 0 Å². The number of hydrogen-bond acceptors (Lipinski definition) is 5. The molecule has 1 fully saturated rings. The Morgan fingerprint density at radius 1 is 1.33 bits per heavy atom. The second-order valence-electron chi connectivity index (χ2n) is 4.67. The van der Waals surface area contributed by atoms with Gasteiger partial charge in [-0.3, -0.25) is 0 Å². The van der Waals surface area contributed by atoms with E-state index in [-0.39, 0.29) is 0 Å². The van der Waals surface area contributed by atoms with Gasteiger partial charge in [-0.2, -0.15) is 0 Å². The third-order valence-corrected chi connectivity index (χ3v) is 3.36. The Labute approximate surface area is 105 Å². The molecule has 0 saturated heterocycles. The zero-order chi connectivity index (χ0) is 12.7. The number of anilines is 1. The van der Waals surface area contributed by atoms with E-state index in [4.69, 9.17) is 5.84 Å². The summed E-state index contributed by atoms with van der Waals surface area (Å²) >= 11 is 0. The van der Waals surface area contributed by atoms with Crippen molar-refractivity contribution in [3.8, 4) is 11.5 Å². The van der Waals surface area contributed by atoms with Crippen molar-refractivity contribution in [3.63, 3.8) is 0 Å². The lowest BCUT2D eigenvalue weighted by molar-refractivity contribution is 0.742. The number of aryl methyl sites for hydroxylation is 1. The van der Waals surface area contributed by atoms with Gasteiger partial charge in [0.1, 0.15) is 11.5 Å². The molecule has 0 spiro atoms. The molecule has 1 saturated carbocycles. The van der Waals surface area contributed by atoms with Gasteiger partial charge < -0.3 is 9.99 Å². The van der Waals surface area contributed by atoms with E-state index in [9.17, 15) is 0 Å². The number of nitrogens with one attached hydrogen (secondary N) is 1. The number of hydrogen-bond donors (Lipinski definition) is 2. The van der Waals surface area contributed by atoms with E-state index in [1.54, 1.807) is 0 Å². The fraction of sp³-hybridized carbons (Fsp3) is 0.417. The van der Waals surface area contributed by atoms with Crippen LogP contribution in [0.25, 0.3) is 11.5 Å². The van der Waals surface area contributed by atoms with E-state index in [1.807, 2.05) is 26.4 Å². The van der Waals surface area contributed by atoms with Gasteiger partial charge in [0.15, 0.2) is 5.82 Å². The zero-order valence-corrected chi connectivity index (χ0v) is 10.5. The van der Waals surface area contributed by atoms with Gasteiger partial charge in [-0.15, -0.1) is 0 Å². The molecule has 18 heavy (non-hydrogen) atoms. The van der Waals surface area contributed by atoms with Crippen LogP contribution in [0.4, 0.5) is 5.82 Å². The summed E-state index contributed by atoms with van der Waals surface area (Å²) in [5, 5.41) is 0. The highest BCUT2D eigenvalue weighted by atomic mass is 15.3. The molecule has 1 aliphatic carbocycles. The Hall–Kier alpha value is -1.95. The van der Waals surface area contributed by atoms with Crippen molar-refractivity contribution >= 4 is 5.82 Å². The van der Waals surface area contributed by atoms with Gasteiger partial charge in [-0.1, -0.05) is 0 Å². The van der Waals surface area contributed by atoms with Gasteiger partial charge in [-0.05, 0) is 26.7 Å². The molecule has 6 heteroatoms. The maximum absolute atomic E-state index is 5.49. The van der Waals surface area contributed by atoms with Gasteiger partial charge in [0, 0.05) is 17.3 Å². The molecule has 0 aromatic carbocycles. The van der Waals surface area contributed by atoms with Gasteiger partial charge in [0.05, 0.1) is 12.5 Å². The third kappa shape index (κ3) is 1.74.